The molecular formula is C21H13N3O3S. The largest absolute Gasteiger partial charge is 0.478 e. The third-order valence-corrected chi connectivity index (χ3v) is 5.29. The van der Waals surface area contributed by atoms with E-state index in [0.29, 0.717) is 21.8 Å². The molecule has 0 radical (unpaired) electrons. The molecule has 6 nitrogen and oxygen atoms in total. The van der Waals surface area contributed by atoms with Crippen molar-refractivity contribution in [3.63, 3.8) is 0 Å². The maximum atomic E-state index is 13.3. The van der Waals surface area contributed by atoms with Crippen molar-refractivity contribution >= 4 is 27.5 Å². The second-order valence-corrected chi connectivity index (χ2v) is 6.95. The molecule has 0 aliphatic rings. The molecular weight excluding hydrogens is 374 g/mol. The first-order valence-corrected chi connectivity index (χ1v) is 9.27. The number of nitrogens with zero attached hydrogens (tertiary/aromatic N) is 3. The van der Waals surface area contributed by atoms with Crippen LogP contribution in [-0.2, 0) is 6.54 Å². The molecule has 2 aromatic heterocycles. The van der Waals surface area contributed by atoms with Gasteiger partial charge in [-0.25, -0.2) is 9.78 Å². The number of hydrogen-bond acceptors (Lipinski definition) is 5. The Balaban J connectivity index is 2.02. The van der Waals surface area contributed by atoms with Gasteiger partial charge in [0.05, 0.1) is 29.1 Å². The van der Waals surface area contributed by atoms with Crippen LogP contribution in [0.5, 0.6) is 0 Å². The number of fused-ring (bicyclic) bond motifs is 1. The summed E-state index contributed by atoms with van der Waals surface area (Å²) >= 11 is 1.13. The summed E-state index contributed by atoms with van der Waals surface area (Å²) in [6, 6.07) is 18.4. The lowest BCUT2D eigenvalue weighted by Crippen LogP contribution is -2.25. The first-order chi connectivity index (χ1) is 13.6. The summed E-state index contributed by atoms with van der Waals surface area (Å²) in [5.74, 6) is -0.730. The number of aromatic nitrogens is 2. The minimum Gasteiger partial charge on any atom is -0.478 e. The average Bonchev–Trinajstić information content (AvgIpc) is 3.15. The number of carboxylic acid groups (broad SMARTS) is 1. The Morgan fingerprint density at radius 2 is 1.86 bits per heavy atom. The van der Waals surface area contributed by atoms with Crippen LogP contribution in [0.15, 0.2) is 64.8 Å². The van der Waals surface area contributed by atoms with Crippen molar-refractivity contribution in [2.75, 3.05) is 0 Å². The molecule has 7 heteroatoms. The number of nitriles is 1. The average molecular weight is 387 g/mol. The third kappa shape index (κ3) is 2.96. The van der Waals surface area contributed by atoms with Gasteiger partial charge in [0.2, 0.25) is 0 Å². The molecule has 0 amide bonds. The van der Waals surface area contributed by atoms with Crippen molar-refractivity contribution in [2.45, 2.75) is 6.54 Å². The van der Waals surface area contributed by atoms with Crippen molar-refractivity contribution in [1.29, 1.82) is 5.26 Å². The standard InChI is InChI=1S/C21H13N3O3S/c22-10-14-8-4-5-9-15(14)11-24-18(13-6-2-1-3-7-13)23-19-17(20(24)25)16(12-28-19)21(26)27/h1-9,12H,11H2,(H,26,27). The summed E-state index contributed by atoms with van der Waals surface area (Å²) in [5, 5.41) is 20.3. The molecule has 0 saturated carbocycles. The summed E-state index contributed by atoms with van der Waals surface area (Å²) in [6.45, 7) is 0.116. The van der Waals surface area contributed by atoms with Crippen LogP contribution in [0.25, 0.3) is 21.6 Å². The predicted octanol–water partition coefficient (Wildman–Crippen LogP) is 3.74. The van der Waals surface area contributed by atoms with Crippen molar-refractivity contribution in [1.82, 2.24) is 9.55 Å². The van der Waals surface area contributed by atoms with Gasteiger partial charge in [-0.3, -0.25) is 9.36 Å². The highest BCUT2D eigenvalue weighted by Crippen LogP contribution is 2.26. The molecule has 0 aliphatic heterocycles. The molecule has 4 aromatic rings. The Hall–Kier alpha value is -3.76. The van der Waals surface area contributed by atoms with E-state index >= 15 is 0 Å². The Morgan fingerprint density at radius 1 is 1.14 bits per heavy atom. The second kappa shape index (κ2) is 7.10. The van der Waals surface area contributed by atoms with Crippen molar-refractivity contribution < 1.29 is 9.90 Å². The molecule has 0 saturated heterocycles. The quantitative estimate of drug-likeness (QED) is 0.575. The van der Waals surface area contributed by atoms with Crippen LogP contribution in [0.3, 0.4) is 0 Å². The molecule has 0 bridgehead atoms. The van der Waals surface area contributed by atoms with Crippen molar-refractivity contribution in [3.8, 4) is 17.5 Å². The predicted molar refractivity (Wildman–Crippen MR) is 107 cm³/mol. The van der Waals surface area contributed by atoms with E-state index in [2.05, 4.69) is 11.1 Å². The van der Waals surface area contributed by atoms with Crippen LogP contribution >= 0.6 is 11.3 Å². The Morgan fingerprint density at radius 3 is 2.57 bits per heavy atom. The lowest BCUT2D eigenvalue weighted by atomic mass is 10.1. The molecule has 2 heterocycles. The molecule has 0 fully saturated rings. The maximum absolute atomic E-state index is 13.3. The highest BCUT2D eigenvalue weighted by molar-refractivity contribution is 7.17. The molecule has 2 aromatic carbocycles. The zero-order valence-electron chi connectivity index (χ0n) is 14.5. The molecule has 4 rings (SSSR count). The van der Waals surface area contributed by atoms with E-state index in [9.17, 15) is 20.0 Å². The van der Waals surface area contributed by atoms with Gasteiger partial charge >= 0.3 is 5.97 Å². The van der Waals surface area contributed by atoms with E-state index in [1.807, 2.05) is 30.3 Å². The molecule has 0 unspecified atom stereocenters. The minimum atomic E-state index is -1.17. The summed E-state index contributed by atoms with van der Waals surface area (Å²) in [7, 11) is 0. The second-order valence-electron chi connectivity index (χ2n) is 6.10. The van der Waals surface area contributed by atoms with Crippen LogP contribution in [-0.4, -0.2) is 20.6 Å². The van der Waals surface area contributed by atoms with Crippen molar-refractivity contribution in [2.24, 2.45) is 0 Å². The molecule has 28 heavy (non-hydrogen) atoms. The van der Waals surface area contributed by atoms with E-state index in [1.54, 1.807) is 24.3 Å². The number of carbonyl (C=O) groups is 1. The summed E-state index contributed by atoms with van der Waals surface area (Å²) in [6.07, 6.45) is 0. The number of aromatic carboxylic acids is 1. The fourth-order valence-electron chi connectivity index (χ4n) is 3.07. The molecule has 1 N–H and O–H groups in total. The monoisotopic (exact) mass is 387 g/mol. The molecule has 0 atom stereocenters. The van der Waals surface area contributed by atoms with E-state index in [0.717, 1.165) is 16.9 Å². The number of hydrogen-bond donors (Lipinski definition) is 1. The molecule has 0 aliphatic carbocycles. The number of rotatable bonds is 4. The van der Waals surface area contributed by atoms with Gasteiger partial charge < -0.3 is 5.11 Å². The third-order valence-electron chi connectivity index (χ3n) is 4.42. The van der Waals surface area contributed by atoms with E-state index < -0.39 is 11.5 Å². The highest BCUT2D eigenvalue weighted by Gasteiger charge is 2.20. The first-order valence-electron chi connectivity index (χ1n) is 8.39. The van der Waals surface area contributed by atoms with Crippen LogP contribution in [0.1, 0.15) is 21.5 Å². The number of carboxylic acids is 1. The zero-order chi connectivity index (χ0) is 19.7. The summed E-state index contributed by atoms with van der Waals surface area (Å²) < 4.78 is 1.44. The summed E-state index contributed by atoms with van der Waals surface area (Å²) in [4.78, 5) is 29.8. The summed E-state index contributed by atoms with van der Waals surface area (Å²) in [5.41, 5.74) is 1.37. The lowest BCUT2D eigenvalue weighted by molar-refractivity contribution is 0.0699. The van der Waals surface area contributed by atoms with Crippen LogP contribution < -0.4 is 5.56 Å². The topological polar surface area (TPSA) is 96.0 Å². The Bertz CT molecular complexity index is 1300. The van der Waals surface area contributed by atoms with Gasteiger partial charge in [-0.05, 0) is 11.6 Å². The van der Waals surface area contributed by atoms with E-state index in [1.165, 1.54) is 9.95 Å². The smallest absolute Gasteiger partial charge is 0.337 e. The minimum absolute atomic E-state index is 0.0561. The van der Waals surface area contributed by atoms with Gasteiger partial charge in [0.1, 0.15) is 10.7 Å². The van der Waals surface area contributed by atoms with Gasteiger partial charge in [-0.1, -0.05) is 48.5 Å². The molecule has 136 valence electrons. The first kappa shape index (κ1) is 17.6. The van der Waals surface area contributed by atoms with Gasteiger partial charge in [-0.2, -0.15) is 5.26 Å². The van der Waals surface area contributed by atoms with Gasteiger partial charge in [-0.15, -0.1) is 11.3 Å². The normalized spacial score (nSPS) is 10.7. The lowest BCUT2D eigenvalue weighted by Gasteiger charge is -2.14. The fourth-order valence-corrected chi connectivity index (χ4v) is 3.98. The van der Waals surface area contributed by atoms with Crippen LogP contribution in [0, 0.1) is 11.3 Å². The number of thiophene rings is 1. The van der Waals surface area contributed by atoms with Gasteiger partial charge in [0.15, 0.2) is 0 Å². The highest BCUT2D eigenvalue weighted by atomic mass is 32.1. The van der Waals surface area contributed by atoms with E-state index in [-0.39, 0.29) is 17.5 Å². The number of benzene rings is 2. The fraction of sp³-hybridized carbons (Fsp3) is 0.0476. The zero-order valence-corrected chi connectivity index (χ0v) is 15.3. The van der Waals surface area contributed by atoms with Crippen molar-refractivity contribution in [3.05, 3.63) is 87.0 Å². The van der Waals surface area contributed by atoms with E-state index in [4.69, 9.17) is 0 Å². The van der Waals surface area contributed by atoms with Crippen LogP contribution in [0.4, 0.5) is 0 Å². The Kier molecular flexibility index (Phi) is 4.47. The molecule has 0 spiro atoms. The van der Waals surface area contributed by atoms with Gasteiger partial charge in [0, 0.05) is 10.9 Å². The van der Waals surface area contributed by atoms with Gasteiger partial charge in [0.25, 0.3) is 5.56 Å². The Labute approximate surface area is 163 Å². The van der Waals surface area contributed by atoms with Crippen LogP contribution in [0.2, 0.25) is 0 Å². The SMILES string of the molecule is N#Cc1ccccc1Cn1c(-c2ccccc2)nc2scc(C(=O)O)c2c1=O. The maximum Gasteiger partial charge on any atom is 0.337 e.